The van der Waals surface area contributed by atoms with Crippen LogP contribution < -0.4 is 0 Å². The Labute approximate surface area is 78.8 Å². The molecule has 0 atom stereocenters. The molecule has 0 aromatic carbocycles. The van der Waals surface area contributed by atoms with Crippen molar-refractivity contribution in [3.8, 4) is 0 Å². The van der Waals surface area contributed by atoms with Crippen LogP contribution in [0.15, 0.2) is 11.6 Å². The zero-order valence-electron chi connectivity index (χ0n) is 8.13. The number of hydrogen-bond donors (Lipinski definition) is 0. The Morgan fingerprint density at radius 2 is 2.08 bits per heavy atom. The molecule has 0 saturated heterocycles. The van der Waals surface area contributed by atoms with Gasteiger partial charge in [-0.25, -0.2) is 4.98 Å². The summed E-state index contributed by atoms with van der Waals surface area (Å²) in [6.07, 6.45) is 5.51. The zero-order valence-corrected chi connectivity index (χ0v) is 8.95. The van der Waals surface area contributed by atoms with Crippen molar-refractivity contribution in [3.63, 3.8) is 0 Å². The quantitative estimate of drug-likeness (QED) is 0.696. The highest BCUT2D eigenvalue weighted by molar-refractivity contribution is 7.09. The minimum Gasteiger partial charge on any atom is -0.250 e. The second kappa shape index (κ2) is 4.04. The molecule has 0 unspecified atom stereocenters. The summed E-state index contributed by atoms with van der Waals surface area (Å²) in [5, 5.41) is 3.34. The van der Waals surface area contributed by atoms with E-state index < -0.39 is 0 Å². The highest BCUT2D eigenvalue weighted by atomic mass is 32.1. The van der Waals surface area contributed by atoms with E-state index in [-0.39, 0.29) is 0 Å². The maximum atomic E-state index is 4.32. The minimum absolute atomic E-state index is 0.456. The van der Waals surface area contributed by atoms with Crippen molar-refractivity contribution in [2.24, 2.45) is 5.41 Å². The highest BCUT2D eigenvalue weighted by Crippen LogP contribution is 2.30. The molecule has 1 rings (SSSR count). The molecular formula is C10H17NS. The van der Waals surface area contributed by atoms with Gasteiger partial charge in [0.25, 0.3) is 0 Å². The van der Waals surface area contributed by atoms with E-state index in [0.29, 0.717) is 5.41 Å². The topological polar surface area (TPSA) is 12.9 Å². The number of rotatable bonds is 4. The summed E-state index contributed by atoms with van der Waals surface area (Å²) >= 11 is 1.77. The number of hydrogen-bond acceptors (Lipinski definition) is 2. The third-order valence-corrected chi connectivity index (χ3v) is 3.55. The summed E-state index contributed by atoms with van der Waals surface area (Å²) in [5.41, 5.74) is 0.456. The molecule has 0 aliphatic carbocycles. The Morgan fingerprint density at radius 3 is 2.50 bits per heavy atom. The van der Waals surface area contributed by atoms with Gasteiger partial charge in [-0.15, -0.1) is 11.3 Å². The molecule has 0 aliphatic heterocycles. The van der Waals surface area contributed by atoms with E-state index in [1.807, 2.05) is 6.20 Å². The molecule has 0 amide bonds. The molecule has 2 heteroatoms. The molecule has 1 aromatic rings. The van der Waals surface area contributed by atoms with Gasteiger partial charge in [0, 0.05) is 18.0 Å². The largest absolute Gasteiger partial charge is 0.250 e. The van der Waals surface area contributed by atoms with Crippen molar-refractivity contribution in [2.45, 2.75) is 40.0 Å². The number of nitrogens with zero attached hydrogens (tertiary/aromatic N) is 1. The second-order valence-corrected chi connectivity index (χ2v) is 4.60. The standard InChI is InChI=1S/C10H17NS/c1-4-10(3,5-2)8-9-11-6-7-12-9/h6-7H,4-5,8H2,1-3H3. The Hall–Kier alpha value is -0.370. The van der Waals surface area contributed by atoms with Gasteiger partial charge < -0.3 is 0 Å². The molecule has 68 valence electrons. The fraction of sp³-hybridized carbons (Fsp3) is 0.700. The van der Waals surface area contributed by atoms with E-state index in [9.17, 15) is 0 Å². The Bertz CT molecular complexity index is 212. The van der Waals surface area contributed by atoms with E-state index >= 15 is 0 Å². The van der Waals surface area contributed by atoms with Crippen LogP contribution in [0.3, 0.4) is 0 Å². The molecule has 0 aliphatic rings. The van der Waals surface area contributed by atoms with Gasteiger partial charge in [0.1, 0.15) is 0 Å². The third kappa shape index (κ3) is 2.31. The van der Waals surface area contributed by atoms with Gasteiger partial charge >= 0.3 is 0 Å². The van der Waals surface area contributed by atoms with E-state index in [0.717, 1.165) is 6.42 Å². The molecule has 0 spiro atoms. The zero-order chi connectivity index (χ0) is 9.03. The molecule has 0 bridgehead atoms. The first-order valence-electron chi connectivity index (χ1n) is 4.58. The predicted octanol–water partition coefficient (Wildman–Crippen LogP) is 3.51. The van der Waals surface area contributed by atoms with Crippen LogP contribution in [0.5, 0.6) is 0 Å². The summed E-state index contributed by atoms with van der Waals surface area (Å²) in [7, 11) is 0. The van der Waals surface area contributed by atoms with Crippen LogP contribution in [-0.2, 0) is 6.42 Å². The summed E-state index contributed by atoms with van der Waals surface area (Å²) < 4.78 is 0. The first-order chi connectivity index (χ1) is 5.70. The predicted molar refractivity (Wildman–Crippen MR) is 54.5 cm³/mol. The van der Waals surface area contributed by atoms with Crippen LogP contribution in [0.4, 0.5) is 0 Å². The van der Waals surface area contributed by atoms with Crippen LogP contribution in [0.1, 0.15) is 38.6 Å². The average molecular weight is 183 g/mol. The Kier molecular flexibility index (Phi) is 3.27. The van der Waals surface area contributed by atoms with Gasteiger partial charge in [0.2, 0.25) is 0 Å². The molecule has 0 N–H and O–H groups in total. The lowest BCUT2D eigenvalue weighted by atomic mass is 9.82. The molecule has 1 aromatic heterocycles. The third-order valence-electron chi connectivity index (χ3n) is 2.77. The molecule has 0 radical (unpaired) electrons. The van der Waals surface area contributed by atoms with Crippen molar-refractivity contribution in [1.29, 1.82) is 0 Å². The highest BCUT2D eigenvalue weighted by Gasteiger charge is 2.20. The fourth-order valence-electron chi connectivity index (χ4n) is 1.21. The summed E-state index contributed by atoms with van der Waals surface area (Å²) in [5.74, 6) is 0. The summed E-state index contributed by atoms with van der Waals surface area (Å²) in [4.78, 5) is 4.32. The molecule has 0 saturated carbocycles. The van der Waals surface area contributed by atoms with Crippen LogP contribution >= 0.6 is 11.3 Å². The fourth-order valence-corrected chi connectivity index (χ4v) is 2.04. The van der Waals surface area contributed by atoms with Crippen LogP contribution in [-0.4, -0.2) is 4.98 Å². The molecule has 1 nitrogen and oxygen atoms in total. The van der Waals surface area contributed by atoms with Crippen LogP contribution in [0.25, 0.3) is 0 Å². The maximum absolute atomic E-state index is 4.32. The lowest BCUT2D eigenvalue weighted by Crippen LogP contribution is -2.16. The van der Waals surface area contributed by atoms with E-state index in [1.165, 1.54) is 17.8 Å². The van der Waals surface area contributed by atoms with Crippen molar-refractivity contribution in [1.82, 2.24) is 4.98 Å². The molecule has 0 fully saturated rings. The minimum atomic E-state index is 0.456. The van der Waals surface area contributed by atoms with Gasteiger partial charge in [-0.2, -0.15) is 0 Å². The van der Waals surface area contributed by atoms with Crippen LogP contribution in [0.2, 0.25) is 0 Å². The van der Waals surface area contributed by atoms with Crippen molar-refractivity contribution < 1.29 is 0 Å². The SMILES string of the molecule is CCC(C)(CC)Cc1nccs1. The Balaban J connectivity index is 2.60. The van der Waals surface area contributed by atoms with Gasteiger partial charge in [0.05, 0.1) is 5.01 Å². The van der Waals surface area contributed by atoms with E-state index in [1.54, 1.807) is 11.3 Å². The molecular weight excluding hydrogens is 166 g/mol. The number of aromatic nitrogens is 1. The lowest BCUT2D eigenvalue weighted by molar-refractivity contribution is 0.295. The van der Waals surface area contributed by atoms with Gasteiger partial charge in [-0.3, -0.25) is 0 Å². The van der Waals surface area contributed by atoms with Gasteiger partial charge in [-0.05, 0) is 5.41 Å². The summed E-state index contributed by atoms with van der Waals surface area (Å²) in [6, 6.07) is 0. The lowest BCUT2D eigenvalue weighted by Gasteiger charge is -2.25. The van der Waals surface area contributed by atoms with E-state index in [4.69, 9.17) is 0 Å². The summed E-state index contributed by atoms with van der Waals surface area (Å²) in [6.45, 7) is 6.86. The van der Waals surface area contributed by atoms with E-state index in [2.05, 4.69) is 31.1 Å². The average Bonchev–Trinajstić information content (AvgIpc) is 2.57. The monoisotopic (exact) mass is 183 g/mol. The first kappa shape index (κ1) is 9.72. The second-order valence-electron chi connectivity index (χ2n) is 3.62. The van der Waals surface area contributed by atoms with Crippen molar-refractivity contribution in [2.75, 3.05) is 0 Å². The van der Waals surface area contributed by atoms with Gasteiger partial charge in [-0.1, -0.05) is 33.6 Å². The van der Waals surface area contributed by atoms with Gasteiger partial charge in [0.15, 0.2) is 0 Å². The van der Waals surface area contributed by atoms with Crippen LogP contribution in [0, 0.1) is 5.41 Å². The van der Waals surface area contributed by atoms with Crippen molar-refractivity contribution >= 4 is 11.3 Å². The van der Waals surface area contributed by atoms with Crippen molar-refractivity contribution in [3.05, 3.63) is 16.6 Å². The first-order valence-corrected chi connectivity index (χ1v) is 5.46. The molecule has 1 heterocycles. The number of thiazole rings is 1. The Morgan fingerprint density at radius 1 is 1.42 bits per heavy atom. The molecule has 12 heavy (non-hydrogen) atoms. The smallest absolute Gasteiger partial charge is 0.0930 e. The maximum Gasteiger partial charge on any atom is 0.0930 e. The normalized spacial score (nSPS) is 11.9.